The molecule has 0 spiro atoms. The number of hydrogen-bond donors (Lipinski definition) is 2. The predicted octanol–water partition coefficient (Wildman–Crippen LogP) is 2.37. The van der Waals surface area contributed by atoms with Crippen LogP contribution in [0.4, 0.5) is 0 Å². The van der Waals surface area contributed by atoms with Crippen LogP contribution in [0.1, 0.15) is 17.5 Å². The minimum Gasteiger partial charge on any atom is -0.507 e. The molecule has 68 valence electrons. The molecule has 0 aliphatic rings. The molecule has 1 aromatic rings. The largest absolute Gasteiger partial charge is 0.507 e. The van der Waals surface area contributed by atoms with Gasteiger partial charge in [0.05, 0.1) is 5.56 Å². The Bertz CT molecular complexity index is 347. The molecule has 0 atom stereocenters. The third-order valence-electron chi connectivity index (χ3n) is 1.61. The smallest absolute Gasteiger partial charge is 0.131 e. The van der Waals surface area contributed by atoms with E-state index in [0.29, 0.717) is 5.56 Å². The molecule has 0 amide bonds. The highest BCUT2D eigenvalue weighted by Crippen LogP contribution is 2.16. The number of phenolic OH excluding ortho intramolecular Hbond substituents is 1. The van der Waals surface area contributed by atoms with Crippen molar-refractivity contribution in [2.24, 2.45) is 0 Å². The minimum absolute atomic E-state index is 0.256. The Morgan fingerprint density at radius 3 is 2.85 bits per heavy atom. The zero-order valence-corrected chi connectivity index (χ0v) is 8.44. The average molecular weight is 192 g/mol. The maximum atomic E-state index is 9.47. The third kappa shape index (κ3) is 3.04. The van der Waals surface area contributed by atoms with E-state index in [1.54, 1.807) is 6.07 Å². The van der Waals surface area contributed by atoms with Crippen molar-refractivity contribution < 1.29 is 5.11 Å². The zero-order valence-electron chi connectivity index (χ0n) is 7.54. The second kappa shape index (κ2) is 4.84. The summed E-state index contributed by atoms with van der Waals surface area (Å²) in [6, 6.07) is 5.48. The van der Waals surface area contributed by atoms with Crippen LogP contribution in [0, 0.1) is 18.8 Å². The van der Waals surface area contributed by atoms with Gasteiger partial charge in [0.25, 0.3) is 0 Å². The molecule has 0 aliphatic heterocycles. The maximum absolute atomic E-state index is 9.47. The van der Waals surface area contributed by atoms with Crippen molar-refractivity contribution in [3.63, 3.8) is 0 Å². The van der Waals surface area contributed by atoms with Crippen molar-refractivity contribution in [2.45, 2.75) is 13.3 Å². The lowest BCUT2D eigenvalue weighted by molar-refractivity contribution is 0.473. The Labute approximate surface area is 84.2 Å². The average Bonchev–Trinajstić information content (AvgIpc) is 2.09. The number of thiol groups is 1. The van der Waals surface area contributed by atoms with Crippen molar-refractivity contribution in [1.82, 2.24) is 0 Å². The summed E-state index contributed by atoms with van der Waals surface area (Å²) in [6.45, 7) is 1.94. The quantitative estimate of drug-likeness (QED) is 0.517. The van der Waals surface area contributed by atoms with Gasteiger partial charge in [-0.05, 0) is 24.6 Å². The number of benzene rings is 1. The number of aryl methyl sites for hydroxylation is 1. The standard InChI is InChI=1S/C11H12OS/c1-9-5-6-10(11(12)8-9)4-2-3-7-13/h5-6,8,12-13H,3,7H2,1H3. The first-order chi connectivity index (χ1) is 6.24. The fraction of sp³-hybridized carbons (Fsp3) is 0.273. The summed E-state index contributed by atoms with van der Waals surface area (Å²) < 4.78 is 0. The second-order valence-electron chi connectivity index (χ2n) is 2.80. The molecule has 0 saturated heterocycles. The Kier molecular flexibility index (Phi) is 3.72. The molecular formula is C11H12OS. The molecule has 13 heavy (non-hydrogen) atoms. The van der Waals surface area contributed by atoms with Crippen LogP contribution >= 0.6 is 12.6 Å². The number of rotatable bonds is 1. The van der Waals surface area contributed by atoms with E-state index in [1.807, 2.05) is 19.1 Å². The molecule has 1 N–H and O–H groups in total. The highest BCUT2D eigenvalue weighted by molar-refractivity contribution is 7.80. The lowest BCUT2D eigenvalue weighted by Gasteiger charge is -1.97. The summed E-state index contributed by atoms with van der Waals surface area (Å²) in [5, 5.41) is 9.47. The summed E-state index contributed by atoms with van der Waals surface area (Å²) in [5.74, 6) is 6.82. The summed E-state index contributed by atoms with van der Waals surface area (Å²) in [6.07, 6.45) is 0.746. The number of aromatic hydroxyl groups is 1. The van der Waals surface area contributed by atoms with Crippen molar-refractivity contribution >= 4 is 12.6 Å². The van der Waals surface area contributed by atoms with Gasteiger partial charge in [0.1, 0.15) is 5.75 Å². The van der Waals surface area contributed by atoms with E-state index < -0.39 is 0 Å². The zero-order chi connectivity index (χ0) is 9.68. The van der Waals surface area contributed by atoms with Crippen LogP contribution in [-0.4, -0.2) is 10.9 Å². The Hall–Kier alpha value is -1.07. The summed E-state index contributed by atoms with van der Waals surface area (Å²) in [5.41, 5.74) is 1.73. The highest BCUT2D eigenvalue weighted by atomic mass is 32.1. The molecule has 0 radical (unpaired) electrons. The molecule has 0 aromatic heterocycles. The molecule has 0 aliphatic carbocycles. The van der Waals surface area contributed by atoms with E-state index in [1.165, 1.54) is 0 Å². The van der Waals surface area contributed by atoms with Crippen molar-refractivity contribution in [3.8, 4) is 17.6 Å². The van der Waals surface area contributed by atoms with E-state index in [9.17, 15) is 5.11 Å². The molecule has 0 heterocycles. The van der Waals surface area contributed by atoms with Crippen molar-refractivity contribution in [2.75, 3.05) is 5.75 Å². The van der Waals surface area contributed by atoms with Crippen LogP contribution in [-0.2, 0) is 0 Å². The predicted molar refractivity (Wildman–Crippen MR) is 58.2 cm³/mol. The normalized spacial score (nSPS) is 9.08. The maximum Gasteiger partial charge on any atom is 0.131 e. The van der Waals surface area contributed by atoms with Crippen LogP contribution in [0.25, 0.3) is 0 Å². The van der Waals surface area contributed by atoms with Gasteiger partial charge in [-0.3, -0.25) is 0 Å². The van der Waals surface area contributed by atoms with Gasteiger partial charge in [-0.1, -0.05) is 17.9 Å². The molecule has 0 fully saturated rings. The first-order valence-electron chi connectivity index (χ1n) is 4.13. The molecular weight excluding hydrogens is 180 g/mol. The molecule has 1 rings (SSSR count). The summed E-state index contributed by atoms with van der Waals surface area (Å²) in [7, 11) is 0. The van der Waals surface area contributed by atoms with Gasteiger partial charge in [-0.25, -0.2) is 0 Å². The highest BCUT2D eigenvalue weighted by Gasteiger charge is 1.95. The Morgan fingerprint density at radius 2 is 2.23 bits per heavy atom. The Balaban J connectivity index is 2.85. The molecule has 1 nitrogen and oxygen atoms in total. The third-order valence-corrected chi connectivity index (χ3v) is 1.84. The van der Waals surface area contributed by atoms with Crippen molar-refractivity contribution in [3.05, 3.63) is 29.3 Å². The van der Waals surface area contributed by atoms with E-state index in [-0.39, 0.29) is 5.75 Å². The van der Waals surface area contributed by atoms with Gasteiger partial charge in [0.15, 0.2) is 0 Å². The van der Waals surface area contributed by atoms with Crippen LogP contribution in [0.3, 0.4) is 0 Å². The van der Waals surface area contributed by atoms with Gasteiger partial charge in [0, 0.05) is 12.2 Å². The van der Waals surface area contributed by atoms with E-state index >= 15 is 0 Å². The lowest BCUT2D eigenvalue weighted by Crippen LogP contribution is -1.78. The molecule has 0 unspecified atom stereocenters. The van der Waals surface area contributed by atoms with Crippen LogP contribution in [0.2, 0.25) is 0 Å². The first kappa shape index (κ1) is 10.0. The monoisotopic (exact) mass is 192 g/mol. The van der Waals surface area contributed by atoms with E-state index in [0.717, 1.165) is 17.7 Å². The lowest BCUT2D eigenvalue weighted by atomic mass is 10.1. The molecule has 0 bridgehead atoms. The van der Waals surface area contributed by atoms with Crippen LogP contribution in [0.5, 0.6) is 5.75 Å². The fourth-order valence-corrected chi connectivity index (χ4v) is 1.07. The molecule has 1 aromatic carbocycles. The van der Waals surface area contributed by atoms with E-state index in [2.05, 4.69) is 24.5 Å². The molecule has 0 saturated carbocycles. The van der Waals surface area contributed by atoms with Gasteiger partial charge < -0.3 is 5.11 Å². The SMILES string of the molecule is Cc1ccc(C#CCCS)c(O)c1. The number of phenols is 1. The van der Waals surface area contributed by atoms with Crippen LogP contribution in [0.15, 0.2) is 18.2 Å². The number of hydrogen-bond acceptors (Lipinski definition) is 2. The summed E-state index contributed by atoms with van der Waals surface area (Å²) in [4.78, 5) is 0. The summed E-state index contributed by atoms with van der Waals surface area (Å²) >= 11 is 4.04. The topological polar surface area (TPSA) is 20.2 Å². The minimum atomic E-state index is 0.256. The van der Waals surface area contributed by atoms with Gasteiger partial charge in [0.2, 0.25) is 0 Å². The molecule has 2 heteroatoms. The van der Waals surface area contributed by atoms with Crippen molar-refractivity contribution in [1.29, 1.82) is 0 Å². The van der Waals surface area contributed by atoms with Gasteiger partial charge >= 0.3 is 0 Å². The van der Waals surface area contributed by atoms with E-state index in [4.69, 9.17) is 0 Å². The second-order valence-corrected chi connectivity index (χ2v) is 3.24. The Morgan fingerprint density at radius 1 is 1.46 bits per heavy atom. The van der Waals surface area contributed by atoms with Crippen LogP contribution < -0.4 is 0 Å². The van der Waals surface area contributed by atoms with Gasteiger partial charge in [-0.2, -0.15) is 12.6 Å². The first-order valence-corrected chi connectivity index (χ1v) is 4.76. The van der Waals surface area contributed by atoms with Gasteiger partial charge in [-0.15, -0.1) is 0 Å². The fourth-order valence-electron chi connectivity index (χ4n) is 0.961.